The molecule has 1 saturated carbocycles. The summed E-state index contributed by atoms with van der Waals surface area (Å²) in [6.07, 6.45) is 4.92. The third-order valence-electron chi connectivity index (χ3n) is 3.58. The smallest absolute Gasteiger partial charge is 0.229 e. The van der Waals surface area contributed by atoms with Gasteiger partial charge in [0.15, 0.2) is 5.96 Å². The number of hydrogen-bond acceptors (Lipinski definition) is 4. The average Bonchev–Trinajstić information content (AvgIpc) is 2.42. The zero-order valence-electron chi connectivity index (χ0n) is 13.3. The Morgan fingerprint density at radius 2 is 2.04 bits per heavy atom. The number of anilines is 1. The predicted octanol–water partition coefficient (Wildman–Crippen LogP) is 1.14. The van der Waals surface area contributed by atoms with E-state index in [0.29, 0.717) is 36.5 Å². The normalized spacial score (nSPS) is 15.8. The van der Waals surface area contributed by atoms with Crippen LogP contribution < -0.4 is 20.5 Å². The first kappa shape index (κ1) is 17.4. The highest BCUT2D eigenvalue weighted by molar-refractivity contribution is 7.92. The Morgan fingerprint density at radius 1 is 1.35 bits per heavy atom. The molecule has 23 heavy (non-hydrogen) atoms. The van der Waals surface area contributed by atoms with Gasteiger partial charge in [-0.1, -0.05) is 6.42 Å². The molecule has 1 aliphatic carbocycles. The zero-order chi connectivity index (χ0) is 16.7. The number of rotatable bonds is 8. The number of aliphatic imine (C=N–C) groups is 1. The summed E-state index contributed by atoms with van der Waals surface area (Å²) < 4.78 is 30.2. The van der Waals surface area contributed by atoms with Gasteiger partial charge in [0.05, 0.1) is 12.8 Å². The number of nitrogens with zero attached hydrogens (tertiary/aromatic N) is 1. The van der Waals surface area contributed by atoms with E-state index in [1.165, 1.54) is 19.3 Å². The van der Waals surface area contributed by atoms with E-state index in [1.54, 1.807) is 24.3 Å². The second kappa shape index (κ2) is 8.05. The van der Waals surface area contributed by atoms with Crippen LogP contribution in [-0.4, -0.2) is 40.3 Å². The Hall–Kier alpha value is -1.96. The summed E-state index contributed by atoms with van der Waals surface area (Å²) in [4.78, 5) is 4.30. The first-order chi connectivity index (χ1) is 10.9. The second-order valence-corrected chi connectivity index (χ2v) is 7.45. The number of sulfonamides is 1. The molecule has 4 N–H and O–H groups in total. The first-order valence-corrected chi connectivity index (χ1v) is 9.56. The molecule has 0 radical (unpaired) electrons. The summed E-state index contributed by atoms with van der Waals surface area (Å²) >= 11 is 0. The molecule has 8 heteroatoms. The Labute approximate surface area is 137 Å². The lowest BCUT2D eigenvalue weighted by molar-refractivity contribution is 0.320. The maximum atomic E-state index is 11.1. The number of ether oxygens (including phenoxy) is 1. The molecule has 128 valence electrons. The fraction of sp³-hybridized carbons (Fsp3) is 0.533. The molecule has 0 amide bonds. The third-order valence-corrected chi connectivity index (χ3v) is 4.19. The van der Waals surface area contributed by atoms with Gasteiger partial charge in [0.25, 0.3) is 0 Å². The van der Waals surface area contributed by atoms with E-state index in [1.807, 2.05) is 0 Å². The lowest BCUT2D eigenvalue weighted by atomic mass is 9.86. The second-order valence-electron chi connectivity index (χ2n) is 5.70. The van der Waals surface area contributed by atoms with Crippen molar-refractivity contribution < 1.29 is 13.2 Å². The summed E-state index contributed by atoms with van der Waals surface area (Å²) in [6.45, 7) is 1.80. The molecule has 1 fully saturated rings. The molecule has 1 aromatic carbocycles. The molecule has 0 aliphatic heterocycles. The van der Waals surface area contributed by atoms with Gasteiger partial charge in [-0.2, -0.15) is 0 Å². The molecule has 0 spiro atoms. The van der Waals surface area contributed by atoms with Crippen LogP contribution in [0.3, 0.4) is 0 Å². The molecule has 0 heterocycles. The van der Waals surface area contributed by atoms with E-state index in [-0.39, 0.29) is 0 Å². The average molecular weight is 340 g/mol. The monoisotopic (exact) mass is 340 g/mol. The Morgan fingerprint density at radius 3 is 2.61 bits per heavy atom. The first-order valence-electron chi connectivity index (χ1n) is 7.67. The maximum Gasteiger partial charge on any atom is 0.229 e. The van der Waals surface area contributed by atoms with Crippen LogP contribution in [0.4, 0.5) is 5.69 Å². The van der Waals surface area contributed by atoms with E-state index < -0.39 is 10.0 Å². The zero-order valence-corrected chi connectivity index (χ0v) is 14.1. The van der Waals surface area contributed by atoms with Gasteiger partial charge in [0.2, 0.25) is 10.0 Å². The van der Waals surface area contributed by atoms with Crippen molar-refractivity contribution in [3.63, 3.8) is 0 Å². The van der Waals surface area contributed by atoms with Crippen molar-refractivity contribution >= 4 is 21.7 Å². The Balaban J connectivity index is 1.65. The summed E-state index contributed by atoms with van der Waals surface area (Å²) in [5, 5.41) is 3.01. The van der Waals surface area contributed by atoms with Crippen LogP contribution in [0.1, 0.15) is 19.3 Å². The van der Waals surface area contributed by atoms with Gasteiger partial charge in [-0.25, -0.2) is 8.42 Å². The van der Waals surface area contributed by atoms with Crippen LogP contribution in [0.15, 0.2) is 29.3 Å². The van der Waals surface area contributed by atoms with E-state index >= 15 is 0 Å². The molecule has 1 aliphatic rings. The number of benzene rings is 1. The highest BCUT2D eigenvalue weighted by Gasteiger charge is 2.16. The molecule has 1 aromatic rings. The quantitative estimate of drug-likeness (QED) is 0.374. The van der Waals surface area contributed by atoms with Gasteiger partial charge in [0.1, 0.15) is 12.4 Å². The fourth-order valence-electron chi connectivity index (χ4n) is 2.14. The molecule has 0 aromatic heterocycles. The number of nitrogens with one attached hydrogen (secondary N) is 2. The summed E-state index contributed by atoms with van der Waals surface area (Å²) in [5.74, 6) is 1.81. The minimum absolute atomic E-state index is 0.443. The highest BCUT2D eigenvalue weighted by Crippen LogP contribution is 2.26. The minimum atomic E-state index is -3.26. The largest absolute Gasteiger partial charge is 0.492 e. The predicted molar refractivity (Wildman–Crippen MR) is 92.2 cm³/mol. The van der Waals surface area contributed by atoms with Crippen molar-refractivity contribution in [2.75, 3.05) is 30.7 Å². The van der Waals surface area contributed by atoms with E-state index in [4.69, 9.17) is 10.5 Å². The molecular formula is C15H24N4O3S. The van der Waals surface area contributed by atoms with Gasteiger partial charge in [-0.3, -0.25) is 9.71 Å². The molecule has 0 unspecified atom stereocenters. The molecule has 0 atom stereocenters. The van der Waals surface area contributed by atoms with Crippen molar-refractivity contribution in [1.82, 2.24) is 5.32 Å². The van der Waals surface area contributed by atoms with Crippen LogP contribution in [0.5, 0.6) is 5.75 Å². The Bertz CT molecular complexity index is 625. The van der Waals surface area contributed by atoms with E-state index in [2.05, 4.69) is 15.0 Å². The fourth-order valence-corrected chi connectivity index (χ4v) is 2.70. The molecule has 0 bridgehead atoms. The Kier molecular flexibility index (Phi) is 6.09. The van der Waals surface area contributed by atoms with E-state index in [0.717, 1.165) is 12.8 Å². The van der Waals surface area contributed by atoms with Crippen molar-refractivity contribution in [2.45, 2.75) is 19.3 Å². The van der Waals surface area contributed by atoms with Crippen LogP contribution in [0, 0.1) is 5.92 Å². The SMILES string of the molecule is CS(=O)(=O)Nc1ccc(OCCNC(N)=NCC2CCC2)cc1. The van der Waals surface area contributed by atoms with Crippen molar-refractivity contribution in [1.29, 1.82) is 0 Å². The number of hydrogen-bond donors (Lipinski definition) is 3. The summed E-state index contributed by atoms with van der Waals surface area (Å²) in [7, 11) is -3.26. The topological polar surface area (TPSA) is 106 Å². The van der Waals surface area contributed by atoms with Gasteiger partial charge in [-0.05, 0) is 43.0 Å². The molecule has 0 saturated heterocycles. The van der Waals surface area contributed by atoms with Crippen LogP contribution in [-0.2, 0) is 10.0 Å². The molecular weight excluding hydrogens is 316 g/mol. The van der Waals surface area contributed by atoms with Crippen LogP contribution in [0.25, 0.3) is 0 Å². The van der Waals surface area contributed by atoms with Crippen molar-refractivity contribution in [3.8, 4) is 5.75 Å². The number of nitrogens with two attached hydrogens (primary N) is 1. The lowest BCUT2D eigenvalue weighted by Gasteiger charge is -2.23. The summed E-state index contributed by atoms with van der Waals surface area (Å²) in [6, 6.07) is 6.72. The maximum absolute atomic E-state index is 11.1. The number of guanidine groups is 1. The van der Waals surface area contributed by atoms with Gasteiger partial charge < -0.3 is 15.8 Å². The molecule has 7 nitrogen and oxygen atoms in total. The van der Waals surface area contributed by atoms with Crippen LogP contribution >= 0.6 is 0 Å². The summed E-state index contributed by atoms with van der Waals surface area (Å²) in [5.41, 5.74) is 6.28. The van der Waals surface area contributed by atoms with Crippen molar-refractivity contribution in [2.24, 2.45) is 16.6 Å². The highest BCUT2D eigenvalue weighted by atomic mass is 32.2. The van der Waals surface area contributed by atoms with Gasteiger partial charge in [0, 0.05) is 12.2 Å². The van der Waals surface area contributed by atoms with E-state index in [9.17, 15) is 8.42 Å². The standard InChI is InChI=1S/C15H24N4O3S/c1-23(20,21)19-13-5-7-14(8-6-13)22-10-9-17-15(16)18-11-12-3-2-4-12/h5-8,12,19H,2-4,9-11H2,1H3,(H3,16,17,18). The van der Waals surface area contributed by atoms with Gasteiger partial charge >= 0.3 is 0 Å². The third kappa shape index (κ3) is 6.77. The lowest BCUT2D eigenvalue weighted by Crippen LogP contribution is -2.35. The van der Waals surface area contributed by atoms with Crippen LogP contribution in [0.2, 0.25) is 0 Å². The van der Waals surface area contributed by atoms with Crippen molar-refractivity contribution in [3.05, 3.63) is 24.3 Å². The minimum Gasteiger partial charge on any atom is -0.492 e. The molecule has 2 rings (SSSR count). The van der Waals surface area contributed by atoms with Gasteiger partial charge in [-0.15, -0.1) is 0 Å².